The Balaban J connectivity index is 1.51. The van der Waals surface area contributed by atoms with E-state index >= 15 is 0 Å². The highest BCUT2D eigenvalue weighted by atomic mass is 35.5. The summed E-state index contributed by atoms with van der Waals surface area (Å²) in [5, 5.41) is 0.606. The molecule has 2 aliphatic heterocycles. The van der Waals surface area contributed by atoms with Gasteiger partial charge in [0.15, 0.2) is 5.78 Å². The second kappa shape index (κ2) is 9.82. The Hall–Kier alpha value is -3.67. The van der Waals surface area contributed by atoms with Crippen LogP contribution in [0.15, 0.2) is 95.6 Å². The third-order valence-corrected chi connectivity index (χ3v) is 8.81. The van der Waals surface area contributed by atoms with Gasteiger partial charge >= 0.3 is 0 Å². The molecule has 0 aliphatic carbocycles. The lowest BCUT2D eigenvalue weighted by atomic mass is 9.71. The van der Waals surface area contributed by atoms with Crippen molar-refractivity contribution in [3.05, 3.63) is 124 Å². The van der Waals surface area contributed by atoms with Gasteiger partial charge in [-0.05, 0) is 48.4 Å². The fourth-order valence-electron chi connectivity index (χ4n) is 6.50. The first-order valence-electron chi connectivity index (χ1n) is 13.4. The Morgan fingerprint density at radius 1 is 1.00 bits per heavy atom. The number of hydrogen-bond acceptors (Lipinski definition) is 4. The van der Waals surface area contributed by atoms with Gasteiger partial charge in [0.2, 0.25) is 0 Å². The van der Waals surface area contributed by atoms with Crippen LogP contribution in [0.25, 0.3) is 0 Å². The van der Waals surface area contributed by atoms with Crippen LogP contribution in [-0.4, -0.2) is 30.2 Å². The van der Waals surface area contributed by atoms with Crippen LogP contribution >= 0.6 is 11.6 Å². The molecule has 3 heterocycles. The number of carbonyl (C=O) groups excluding carboxylic acids is 2. The third-order valence-electron chi connectivity index (χ3n) is 8.44. The molecule has 2 aliphatic rings. The van der Waals surface area contributed by atoms with Gasteiger partial charge in [-0.2, -0.15) is 0 Å². The summed E-state index contributed by atoms with van der Waals surface area (Å²) < 4.78 is 5.88. The number of benzene rings is 3. The van der Waals surface area contributed by atoms with E-state index in [0.717, 1.165) is 16.8 Å². The summed E-state index contributed by atoms with van der Waals surface area (Å²) in [5.41, 5.74) is 3.10. The summed E-state index contributed by atoms with van der Waals surface area (Å²) in [5.74, 6) is -0.0690. The minimum Gasteiger partial charge on any atom is -0.469 e. The number of anilines is 1. The predicted octanol–water partition coefficient (Wildman–Crippen LogP) is 7.03. The molecule has 5 nitrogen and oxygen atoms in total. The molecule has 1 spiro atoms. The molecule has 1 saturated heterocycles. The number of nitrogens with zero attached hydrogens (tertiary/aromatic N) is 2. The van der Waals surface area contributed by atoms with Gasteiger partial charge in [0.25, 0.3) is 5.91 Å². The van der Waals surface area contributed by atoms with Crippen LogP contribution < -0.4 is 4.90 Å². The van der Waals surface area contributed by atoms with Gasteiger partial charge in [0.1, 0.15) is 11.3 Å². The number of hydrogen-bond donors (Lipinski definition) is 0. The maximum absolute atomic E-state index is 14.8. The largest absolute Gasteiger partial charge is 0.469 e. The van der Waals surface area contributed by atoms with Crippen molar-refractivity contribution in [2.75, 3.05) is 18.5 Å². The summed E-state index contributed by atoms with van der Waals surface area (Å²) in [6.45, 7) is 5.09. The molecule has 0 radical (unpaired) electrons. The van der Waals surface area contributed by atoms with Crippen LogP contribution in [0, 0.1) is 5.92 Å². The molecule has 6 rings (SSSR count). The first-order chi connectivity index (χ1) is 18.8. The SMILES string of the molecule is CC(C)c1ccc(C(=O)C2C(c3ccco3)CN(C)C23C(=O)N(Cc2ccccc2Cl)c2ccccc23)cc1. The molecule has 0 saturated carbocycles. The van der Waals surface area contributed by atoms with E-state index in [1.165, 1.54) is 5.56 Å². The van der Waals surface area contributed by atoms with E-state index in [1.807, 2.05) is 92.0 Å². The summed E-state index contributed by atoms with van der Waals surface area (Å²) in [7, 11) is 1.94. The number of fused-ring (bicyclic) bond motifs is 2. The van der Waals surface area contributed by atoms with Crippen molar-refractivity contribution < 1.29 is 14.0 Å². The normalized spacial score (nSPS) is 22.7. The van der Waals surface area contributed by atoms with Gasteiger partial charge in [0.05, 0.1) is 18.7 Å². The van der Waals surface area contributed by atoms with Crippen molar-refractivity contribution in [3.8, 4) is 0 Å². The van der Waals surface area contributed by atoms with Crippen LogP contribution in [0.4, 0.5) is 5.69 Å². The molecule has 3 unspecified atom stereocenters. The van der Waals surface area contributed by atoms with Crippen molar-refractivity contribution in [1.82, 2.24) is 4.90 Å². The molecular weight excluding hydrogens is 508 g/mol. The molecule has 3 aromatic carbocycles. The number of para-hydroxylation sites is 1. The summed E-state index contributed by atoms with van der Waals surface area (Å²) in [6.07, 6.45) is 1.63. The number of furan rings is 1. The van der Waals surface area contributed by atoms with E-state index in [-0.39, 0.29) is 17.6 Å². The number of rotatable bonds is 6. The Morgan fingerprint density at radius 2 is 1.72 bits per heavy atom. The number of Topliss-reactive ketones (excluding diaryl/α,β-unsaturated/α-hetero) is 1. The minimum absolute atomic E-state index is 0.0567. The monoisotopic (exact) mass is 538 g/mol. The first-order valence-corrected chi connectivity index (χ1v) is 13.8. The Kier molecular flexibility index (Phi) is 6.44. The fourth-order valence-corrected chi connectivity index (χ4v) is 6.69. The lowest BCUT2D eigenvalue weighted by Crippen LogP contribution is -2.53. The fraction of sp³-hybridized carbons (Fsp3) is 0.273. The van der Waals surface area contributed by atoms with E-state index in [9.17, 15) is 9.59 Å². The standard InChI is InChI=1S/C33H31ClN2O3/c1-21(2)22-14-16-23(17-15-22)31(37)30-25(29-13-8-18-39-29)20-35(3)33(30)26-10-5-7-12-28(26)36(32(33)38)19-24-9-4-6-11-27(24)34/h4-18,21,25,30H,19-20H2,1-3H3. The lowest BCUT2D eigenvalue weighted by molar-refractivity contribution is -0.129. The molecule has 0 N–H and O–H groups in total. The summed E-state index contributed by atoms with van der Waals surface area (Å²) in [4.78, 5) is 33.2. The smallest absolute Gasteiger partial charge is 0.253 e. The lowest BCUT2D eigenvalue weighted by Gasteiger charge is -2.36. The van der Waals surface area contributed by atoms with Crippen molar-refractivity contribution in [1.29, 1.82) is 0 Å². The summed E-state index contributed by atoms with van der Waals surface area (Å²) >= 11 is 6.53. The van der Waals surface area contributed by atoms with Crippen LogP contribution in [0.5, 0.6) is 0 Å². The van der Waals surface area contributed by atoms with Crippen LogP contribution in [0.3, 0.4) is 0 Å². The molecule has 4 aromatic rings. The quantitative estimate of drug-likeness (QED) is 0.247. The highest BCUT2D eigenvalue weighted by Crippen LogP contribution is 2.57. The van der Waals surface area contributed by atoms with Crippen molar-refractivity contribution in [2.45, 2.75) is 37.8 Å². The molecule has 0 bridgehead atoms. The highest BCUT2D eigenvalue weighted by molar-refractivity contribution is 6.31. The predicted molar refractivity (Wildman–Crippen MR) is 153 cm³/mol. The molecule has 39 heavy (non-hydrogen) atoms. The average Bonchev–Trinajstić information content (AvgIpc) is 3.64. The maximum Gasteiger partial charge on any atom is 0.253 e. The average molecular weight is 539 g/mol. The van der Waals surface area contributed by atoms with E-state index < -0.39 is 11.5 Å². The zero-order valence-corrected chi connectivity index (χ0v) is 23.1. The number of likely N-dealkylation sites (N-methyl/N-ethyl adjacent to an activating group) is 1. The maximum atomic E-state index is 14.8. The van der Waals surface area contributed by atoms with Crippen LogP contribution in [-0.2, 0) is 16.9 Å². The topological polar surface area (TPSA) is 53.8 Å². The van der Waals surface area contributed by atoms with Gasteiger partial charge in [-0.25, -0.2) is 0 Å². The van der Waals surface area contributed by atoms with E-state index in [4.69, 9.17) is 16.0 Å². The highest BCUT2D eigenvalue weighted by Gasteiger charge is 2.66. The van der Waals surface area contributed by atoms with Gasteiger partial charge in [-0.1, -0.05) is 86.1 Å². The second-order valence-corrected chi connectivity index (χ2v) is 11.3. The third kappa shape index (κ3) is 3.95. The van der Waals surface area contributed by atoms with Crippen LogP contribution in [0.2, 0.25) is 5.02 Å². The van der Waals surface area contributed by atoms with Crippen LogP contribution in [0.1, 0.15) is 58.5 Å². The Bertz CT molecular complexity index is 1530. The Labute approximate surface area is 234 Å². The second-order valence-electron chi connectivity index (χ2n) is 10.9. The van der Waals surface area contributed by atoms with Crippen molar-refractivity contribution in [2.24, 2.45) is 5.92 Å². The molecule has 6 heteroatoms. The zero-order valence-electron chi connectivity index (χ0n) is 22.3. The van der Waals surface area contributed by atoms with E-state index in [2.05, 4.69) is 18.7 Å². The van der Waals surface area contributed by atoms with Gasteiger partial charge in [-0.3, -0.25) is 14.5 Å². The molecule has 198 valence electrons. The molecule has 3 atom stereocenters. The molecule has 1 amide bonds. The van der Waals surface area contributed by atoms with Gasteiger partial charge in [-0.15, -0.1) is 0 Å². The number of ketones is 1. The Morgan fingerprint density at radius 3 is 2.41 bits per heavy atom. The number of amides is 1. The van der Waals surface area contributed by atoms with Crippen molar-refractivity contribution in [3.63, 3.8) is 0 Å². The first kappa shape index (κ1) is 25.6. The van der Waals surface area contributed by atoms with E-state index in [0.29, 0.717) is 35.4 Å². The van der Waals surface area contributed by atoms with E-state index in [1.54, 1.807) is 11.2 Å². The zero-order chi connectivity index (χ0) is 27.3. The van der Waals surface area contributed by atoms with Gasteiger partial charge in [0, 0.05) is 34.3 Å². The molecule has 1 fully saturated rings. The number of carbonyl (C=O) groups is 2. The molecule has 1 aromatic heterocycles. The van der Waals surface area contributed by atoms with Crippen molar-refractivity contribution >= 4 is 29.0 Å². The summed E-state index contributed by atoms with van der Waals surface area (Å²) in [6, 6.07) is 27.0. The van der Waals surface area contributed by atoms with Gasteiger partial charge < -0.3 is 9.32 Å². The molecular formula is C33H31ClN2O3. The number of likely N-dealkylation sites (tertiary alicyclic amines) is 1. The number of halogens is 1. The minimum atomic E-state index is -1.18.